The number of furan rings is 1. The van der Waals surface area contributed by atoms with Crippen LogP contribution in [0.15, 0.2) is 22.8 Å². The van der Waals surface area contributed by atoms with Crippen molar-refractivity contribution in [2.75, 3.05) is 0 Å². The number of amides is 1. The average Bonchev–Trinajstić information content (AvgIpc) is 2.80. The molecule has 1 amide bonds. The van der Waals surface area contributed by atoms with E-state index in [0.29, 0.717) is 0 Å². The molecule has 0 aromatic carbocycles. The molecule has 4 heteroatoms. The summed E-state index contributed by atoms with van der Waals surface area (Å²) in [7, 11) is 0. The molecule has 1 heterocycles. The summed E-state index contributed by atoms with van der Waals surface area (Å²) in [4.78, 5) is 11.8. The van der Waals surface area contributed by atoms with Gasteiger partial charge in [0.1, 0.15) is 5.76 Å². The van der Waals surface area contributed by atoms with Gasteiger partial charge >= 0.3 is 0 Å². The van der Waals surface area contributed by atoms with Crippen LogP contribution in [0.5, 0.6) is 0 Å². The number of carbonyl (C=O) groups is 1. The van der Waals surface area contributed by atoms with Gasteiger partial charge in [0, 0.05) is 0 Å². The number of nitrogens with one attached hydrogen (secondary N) is 1. The minimum atomic E-state index is -0.456. The average molecular weight is 224 g/mol. The standard InChI is InChI=1S/C12H20N2O2/c1-4-8(2)11(13)12(15)14-9(3)10-6-5-7-16-10/h5-9,11H,4,13H2,1-3H3,(H,14,15)/t8-,9?,11-/m0/s1. The van der Waals surface area contributed by atoms with E-state index < -0.39 is 6.04 Å². The Morgan fingerprint density at radius 1 is 1.56 bits per heavy atom. The fourth-order valence-electron chi connectivity index (χ4n) is 1.43. The first kappa shape index (κ1) is 12.8. The van der Waals surface area contributed by atoms with Gasteiger partial charge in [-0.1, -0.05) is 20.3 Å². The number of carbonyl (C=O) groups excluding carboxylic acids is 1. The Morgan fingerprint density at radius 3 is 2.75 bits per heavy atom. The zero-order valence-electron chi connectivity index (χ0n) is 10.1. The summed E-state index contributed by atoms with van der Waals surface area (Å²) in [6, 6.07) is 3.03. The molecule has 90 valence electrons. The normalized spacial score (nSPS) is 16.5. The lowest BCUT2D eigenvalue weighted by molar-refractivity contribution is -0.124. The van der Waals surface area contributed by atoms with Crippen LogP contribution in [0.4, 0.5) is 0 Å². The molecule has 1 aromatic rings. The van der Waals surface area contributed by atoms with Crippen LogP contribution in [0, 0.1) is 5.92 Å². The van der Waals surface area contributed by atoms with Crippen molar-refractivity contribution in [1.29, 1.82) is 0 Å². The molecular formula is C12H20N2O2. The maximum absolute atomic E-state index is 11.8. The predicted molar refractivity (Wildman–Crippen MR) is 62.7 cm³/mol. The topological polar surface area (TPSA) is 68.3 Å². The second kappa shape index (κ2) is 5.70. The highest BCUT2D eigenvalue weighted by molar-refractivity contribution is 5.82. The third kappa shape index (κ3) is 3.10. The van der Waals surface area contributed by atoms with E-state index in [0.717, 1.165) is 12.2 Å². The molecule has 16 heavy (non-hydrogen) atoms. The van der Waals surface area contributed by atoms with E-state index in [4.69, 9.17) is 10.2 Å². The SMILES string of the molecule is CC[C@H](C)[C@H](N)C(=O)NC(C)c1ccco1. The van der Waals surface area contributed by atoms with E-state index in [9.17, 15) is 4.79 Å². The molecule has 0 saturated carbocycles. The molecule has 0 bridgehead atoms. The summed E-state index contributed by atoms with van der Waals surface area (Å²) in [5, 5.41) is 2.84. The van der Waals surface area contributed by atoms with E-state index in [1.165, 1.54) is 0 Å². The molecule has 0 fully saturated rings. The van der Waals surface area contributed by atoms with Crippen LogP contribution in [0.25, 0.3) is 0 Å². The van der Waals surface area contributed by atoms with E-state index in [2.05, 4.69) is 5.32 Å². The van der Waals surface area contributed by atoms with E-state index in [-0.39, 0.29) is 17.9 Å². The second-order valence-electron chi connectivity index (χ2n) is 4.16. The molecule has 1 rings (SSSR count). The van der Waals surface area contributed by atoms with Crippen molar-refractivity contribution >= 4 is 5.91 Å². The van der Waals surface area contributed by atoms with Crippen molar-refractivity contribution in [2.45, 2.75) is 39.3 Å². The Bertz CT molecular complexity index is 322. The first-order valence-corrected chi connectivity index (χ1v) is 5.65. The highest BCUT2D eigenvalue weighted by Crippen LogP contribution is 2.13. The molecule has 0 aliphatic heterocycles. The van der Waals surface area contributed by atoms with Gasteiger partial charge in [0.25, 0.3) is 0 Å². The van der Waals surface area contributed by atoms with Crippen LogP contribution in [0.2, 0.25) is 0 Å². The van der Waals surface area contributed by atoms with Crippen LogP contribution in [0.1, 0.15) is 39.0 Å². The summed E-state index contributed by atoms with van der Waals surface area (Å²) in [5.41, 5.74) is 5.83. The van der Waals surface area contributed by atoms with Gasteiger partial charge in [0.15, 0.2) is 0 Å². The largest absolute Gasteiger partial charge is 0.467 e. The Labute approximate surface area is 96.2 Å². The van der Waals surface area contributed by atoms with Gasteiger partial charge in [0.05, 0.1) is 18.3 Å². The molecule has 0 saturated heterocycles. The molecule has 1 aromatic heterocycles. The third-order valence-corrected chi connectivity index (χ3v) is 2.89. The van der Waals surface area contributed by atoms with Gasteiger partial charge < -0.3 is 15.5 Å². The Hall–Kier alpha value is -1.29. The summed E-state index contributed by atoms with van der Waals surface area (Å²) in [5.74, 6) is 0.798. The highest BCUT2D eigenvalue weighted by atomic mass is 16.3. The number of hydrogen-bond acceptors (Lipinski definition) is 3. The van der Waals surface area contributed by atoms with Gasteiger partial charge in [-0.2, -0.15) is 0 Å². The minimum Gasteiger partial charge on any atom is -0.467 e. The van der Waals surface area contributed by atoms with Crippen LogP contribution >= 0.6 is 0 Å². The number of hydrogen-bond donors (Lipinski definition) is 2. The minimum absolute atomic E-state index is 0.127. The van der Waals surface area contributed by atoms with Crippen molar-refractivity contribution in [3.8, 4) is 0 Å². The van der Waals surface area contributed by atoms with Crippen molar-refractivity contribution in [3.05, 3.63) is 24.2 Å². The fourth-order valence-corrected chi connectivity index (χ4v) is 1.43. The van der Waals surface area contributed by atoms with Crippen LogP contribution < -0.4 is 11.1 Å². The molecule has 0 radical (unpaired) electrons. The summed E-state index contributed by atoms with van der Waals surface area (Å²) < 4.78 is 5.21. The monoisotopic (exact) mass is 224 g/mol. The third-order valence-electron chi connectivity index (χ3n) is 2.89. The van der Waals surface area contributed by atoms with E-state index >= 15 is 0 Å². The maximum atomic E-state index is 11.8. The predicted octanol–water partition coefficient (Wildman–Crippen LogP) is 1.83. The zero-order valence-corrected chi connectivity index (χ0v) is 10.1. The second-order valence-corrected chi connectivity index (χ2v) is 4.16. The summed E-state index contributed by atoms with van der Waals surface area (Å²) in [6.45, 7) is 5.87. The molecule has 0 aliphatic carbocycles. The van der Waals surface area contributed by atoms with Crippen molar-refractivity contribution < 1.29 is 9.21 Å². The highest BCUT2D eigenvalue weighted by Gasteiger charge is 2.21. The van der Waals surface area contributed by atoms with Crippen LogP contribution in [0.3, 0.4) is 0 Å². The van der Waals surface area contributed by atoms with Gasteiger partial charge in [0.2, 0.25) is 5.91 Å². The van der Waals surface area contributed by atoms with Crippen molar-refractivity contribution in [2.24, 2.45) is 11.7 Å². The first-order chi connectivity index (χ1) is 7.56. The molecular weight excluding hydrogens is 204 g/mol. The summed E-state index contributed by atoms with van der Waals surface area (Å²) in [6.07, 6.45) is 2.48. The summed E-state index contributed by atoms with van der Waals surface area (Å²) >= 11 is 0. The Morgan fingerprint density at radius 2 is 2.25 bits per heavy atom. The molecule has 0 aliphatic rings. The lowest BCUT2D eigenvalue weighted by atomic mass is 9.99. The van der Waals surface area contributed by atoms with Crippen LogP contribution in [-0.4, -0.2) is 11.9 Å². The van der Waals surface area contributed by atoms with Crippen molar-refractivity contribution in [3.63, 3.8) is 0 Å². The van der Waals surface area contributed by atoms with Gasteiger partial charge in [-0.25, -0.2) is 0 Å². The van der Waals surface area contributed by atoms with Gasteiger partial charge in [-0.05, 0) is 25.0 Å². The maximum Gasteiger partial charge on any atom is 0.237 e. The van der Waals surface area contributed by atoms with Crippen LogP contribution in [-0.2, 0) is 4.79 Å². The Balaban J connectivity index is 2.51. The molecule has 0 spiro atoms. The van der Waals surface area contributed by atoms with Gasteiger partial charge in [-0.15, -0.1) is 0 Å². The zero-order chi connectivity index (χ0) is 12.1. The quantitative estimate of drug-likeness (QED) is 0.801. The fraction of sp³-hybridized carbons (Fsp3) is 0.583. The van der Waals surface area contributed by atoms with E-state index in [1.54, 1.807) is 12.3 Å². The van der Waals surface area contributed by atoms with Crippen molar-refractivity contribution in [1.82, 2.24) is 5.32 Å². The molecule has 3 atom stereocenters. The Kier molecular flexibility index (Phi) is 4.55. The molecule has 4 nitrogen and oxygen atoms in total. The number of rotatable bonds is 5. The first-order valence-electron chi connectivity index (χ1n) is 5.65. The lowest BCUT2D eigenvalue weighted by Crippen LogP contribution is -2.45. The number of nitrogens with two attached hydrogens (primary N) is 1. The van der Waals surface area contributed by atoms with E-state index in [1.807, 2.05) is 26.8 Å². The van der Waals surface area contributed by atoms with Gasteiger partial charge in [-0.3, -0.25) is 4.79 Å². The molecule has 1 unspecified atom stereocenters. The lowest BCUT2D eigenvalue weighted by Gasteiger charge is -2.20. The smallest absolute Gasteiger partial charge is 0.237 e. The molecule has 3 N–H and O–H groups in total.